The van der Waals surface area contributed by atoms with Gasteiger partial charge in [0.15, 0.2) is 0 Å². The molecule has 2 aliphatic rings. The van der Waals surface area contributed by atoms with Gasteiger partial charge in [-0.3, -0.25) is 0 Å². The first-order valence-corrected chi connectivity index (χ1v) is 6.79. The second-order valence-electron chi connectivity index (χ2n) is 5.53. The minimum absolute atomic E-state index is 0.280. The summed E-state index contributed by atoms with van der Waals surface area (Å²) in [6.45, 7) is 6.44. The van der Waals surface area contributed by atoms with Crippen molar-refractivity contribution in [3.63, 3.8) is 0 Å². The molecule has 1 aromatic carbocycles. The summed E-state index contributed by atoms with van der Waals surface area (Å²) in [6, 6.07) is 2.48. The second kappa shape index (κ2) is 4.16. The van der Waals surface area contributed by atoms with E-state index in [1.807, 2.05) is 7.05 Å². The second-order valence-corrected chi connectivity index (χ2v) is 5.53. The fourth-order valence-electron chi connectivity index (χ4n) is 3.06. The highest BCUT2D eigenvalue weighted by Gasteiger charge is 2.32. The van der Waals surface area contributed by atoms with Gasteiger partial charge >= 0.3 is 0 Å². The van der Waals surface area contributed by atoms with Gasteiger partial charge in [-0.2, -0.15) is 0 Å². The van der Waals surface area contributed by atoms with Crippen LogP contribution in [0.1, 0.15) is 43.5 Å². The highest BCUT2D eigenvalue weighted by Crippen LogP contribution is 2.45. The van der Waals surface area contributed by atoms with Crippen molar-refractivity contribution in [1.82, 2.24) is 5.32 Å². The predicted molar refractivity (Wildman–Crippen MR) is 71.5 cm³/mol. The molecule has 3 nitrogen and oxygen atoms in total. The van der Waals surface area contributed by atoms with Gasteiger partial charge in [0.25, 0.3) is 0 Å². The summed E-state index contributed by atoms with van der Waals surface area (Å²) in [7, 11) is 1.99. The van der Waals surface area contributed by atoms with E-state index in [1.54, 1.807) is 0 Å². The zero-order valence-electron chi connectivity index (χ0n) is 11.5. The predicted octanol–water partition coefficient (Wildman–Crippen LogP) is 2.61. The van der Waals surface area contributed by atoms with E-state index in [1.165, 1.54) is 16.7 Å². The molecule has 2 heterocycles. The van der Waals surface area contributed by atoms with Gasteiger partial charge in [0, 0.05) is 35.6 Å². The van der Waals surface area contributed by atoms with Gasteiger partial charge < -0.3 is 14.8 Å². The van der Waals surface area contributed by atoms with Gasteiger partial charge in [-0.25, -0.2) is 0 Å². The molecule has 0 aromatic heterocycles. The van der Waals surface area contributed by atoms with E-state index in [-0.39, 0.29) is 12.2 Å². The molecule has 18 heavy (non-hydrogen) atoms. The van der Waals surface area contributed by atoms with Crippen LogP contribution in [0.2, 0.25) is 0 Å². The standard InChI is InChI=1S/C15H21NO2/c1-8-5-11-7-13-12(6-9(2)17-13)14(10(3)16-4)15(11)18-8/h7-10,16H,5-6H2,1-4H3. The Kier molecular flexibility index (Phi) is 2.74. The van der Waals surface area contributed by atoms with Gasteiger partial charge in [0.2, 0.25) is 0 Å². The van der Waals surface area contributed by atoms with Gasteiger partial charge in [0.1, 0.15) is 23.7 Å². The smallest absolute Gasteiger partial charge is 0.128 e. The Morgan fingerprint density at radius 2 is 1.94 bits per heavy atom. The number of ether oxygens (including phenoxy) is 2. The molecule has 3 unspecified atom stereocenters. The van der Waals surface area contributed by atoms with Crippen molar-refractivity contribution >= 4 is 0 Å². The third-order valence-electron chi connectivity index (χ3n) is 3.98. The third kappa shape index (κ3) is 1.69. The lowest BCUT2D eigenvalue weighted by atomic mass is 9.94. The first-order chi connectivity index (χ1) is 8.60. The van der Waals surface area contributed by atoms with Crippen molar-refractivity contribution in [2.75, 3.05) is 7.05 Å². The molecule has 3 atom stereocenters. The summed E-state index contributed by atoms with van der Waals surface area (Å²) in [5.41, 5.74) is 3.93. The summed E-state index contributed by atoms with van der Waals surface area (Å²) in [4.78, 5) is 0. The molecule has 0 radical (unpaired) electrons. The van der Waals surface area contributed by atoms with Crippen molar-refractivity contribution in [3.05, 3.63) is 22.8 Å². The number of hydrogen-bond donors (Lipinski definition) is 1. The Labute approximate surface area is 108 Å². The van der Waals surface area contributed by atoms with Crippen molar-refractivity contribution in [2.24, 2.45) is 0 Å². The molecular formula is C15H21NO2. The van der Waals surface area contributed by atoms with Crippen molar-refractivity contribution in [2.45, 2.75) is 51.9 Å². The van der Waals surface area contributed by atoms with Crippen LogP contribution in [0.15, 0.2) is 6.07 Å². The van der Waals surface area contributed by atoms with Crippen LogP contribution < -0.4 is 14.8 Å². The van der Waals surface area contributed by atoms with Crippen LogP contribution in [0.5, 0.6) is 11.5 Å². The average molecular weight is 247 g/mol. The van der Waals surface area contributed by atoms with E-state index in [0.29, 0.717) is 6.04 Å². The highest BCUT2D eigenvalue weighted by atomic mass is 16.5. The van der Waals surface area contributed by atoms with E-state index in [4.69, 9.17) is 9.47 Å². The Bertz CT molecular complexity index is 448. The highest BCUT2D eigenvalue weighted by molar-refractivity contribution is 5.58. The summed E-state index contributed by atoms with van der Waals surface area (Å²) in [5, 5.41) is 3.33. The van der Waals surface area contributed by atoms with Gasteiger partial charge in [-0.1, -0.05) is 0 Å². The van der Waals surface area contributed by atoms with Crippen LogP contribution in [-0.2, 0) is 12.8 Å². The lowest BCUT2D eigenvalue weighted by Gasteiger charge is -2.18. The largest absolute Gasteiger partial charge is 0.490 e. The van der Waals surface area contributed by atoms with E-state index in [0.717, 1.165) is 24.3 Å². The maximum atomic E-state index is 6.03. The average Bonchev–Trinajstić information content (AvgIpc) is 2.85. The summed E-state index contributed by atoms with van der Waals surface area (Å²) in [6.07, 6.45) is 2.54. The minimum Gasteiger partial charge on any atom is -0.490 e. The van der Waals surface area contributed by atoms with Gasteiger partial charge in [-0.05, 0) is 33.9 Å². The maximum Gasteiger partial charge on any atom is 0.128 e. The monoisotopic (exact) mass is 247 g/mol. The molecule has 98 valence electrons. The summed E-state index contributed by atoms with van der Waals surface area (Å²) in [5.74, 6) is 2.16. The molecule has 3 rings (SSSR count). The van der Waals surface area contributed by atoms with Crippen LogP contribution in [0.3, 0.4) is 0 Å². The van der Waals surface area contributed by atoms with E-state index >= 15 is 0 Å². The molecule has 0 saturated carbocycles. The normalized spacial score (nSPS) is 26.2. The molecule has 1 N–H and O–H groups in total. The Morgan fingerprint density at radius 3 is 2.67 bits per heavy atom. The molecule has 0 bridgehead atoms. The fourth-order valence-corrected chi connectivity index (χ4v) is 3.06. The van der Waals surface area contributed by atoms with E-state index in [2.05, 4.69) is 32.2 Å². The zero-order chi connectivity index (χ0) is 12.9. The van der Waals surface area contributed by atoms with E-state index in [9.17, 15) is 0 Å². The van der Waals surface area contributed by atoms with Crippen LogP contribution >= 0.6 is 0 Å². The molecule has 1 aromatic rings. The van der Waals surface area contributed by atoms with Crippen molar-refractivity contribution in [1.29, 1.82) is 0 Å². The third-order valence-corrected chi connectivity index (χ3v) is 3.98. The molecule has 2 aliphatic heterocycles. The number of hydrogen-bond acceptors (Lipinski definition) is 3. The Balaban J connectivity index is 2.15. The van der Waals surface area contributed by atoms with Crippen LogP contribution in [0.4, 0.5) is 0 Å². The number of nitrogens with one attached hydrogen (secondary N) is 1. The van der Waals surface area contributed by atoms with Gasteiger partial charge in [-0.15, -0.1) is 0 Å². The number of fused-ring (bicyclic) bond motifs is 2. The Hall–Kier alpha value is -1.22. The maximum absolute atomic E-state index is 6.03. The molecule has 0 aliphatic carbocycles. The first kappa shape index (κ1) is 11.8. The lowest BCUT2D eigenvalue weighted by Crippen LogP contribution is -2.16. The topological polar surface area (TPSA) is 30.5 Å². The van der Waals surface area contributed by atoms with E-state index < -0.39 is 0 Å². The lowest BCUT2D eigenvalue weighted by molar-refractivity contribution is 0.250. The molecule has 3 heteroatoms. The molecule has 0 spiro atoms. The summed E-state index contributed by atoms with van der Waals surface area (Å²) < 4.78 is 11.9. The van der Waals surface area contributed by atoms with Crippen LogP contribution in [0.25, 0.3) is 0 Å². The Morgan fingerprint density at radius 1 is 1.22 bits per heavy atom. The van der Waals surface area contributed by atoms with Crippen molar-refractivity contribution in [3.8, 4) is 11.5 Å². The number of benzene rings is 1. The molecular weight excluding hydrogens is 226 g/mol. The summed E-state index contributed by atoms with van der Waals surface area (Å²) >= 11 is 0. The van der Waals surface area contributed by atoms with Gasteiger partial charge in [0.05, 0.1) is 0 Å². The quantitative estimate of drug-likeness (QED) is 0.871. The zero-order valence-corrected chi connectivity index (χ0v) is 11.5. The van der Waals surface area contributed by atoms with Crippen molar-refractivity contribution < 1.29 is 9.47 Å². The molecule has 0 amide bonds. The number of rotatable bonds is 2. The minimum atomic E-state index is 0.280. The SMILES string of the molecule is CNC(C)c1c2c(cc3c1OC(C)C3)OC(C)C2. The molecule has 0 saturated heterocycles. The van der Waals surface area contributed by atoms with Crippen LogP contribution in [0, 0.1) is 0 Å². The first-order valence-electron chi connectivity index (χ1n) is 6.79. The molecule has 0 fully saturated rings. The van der Waals surface area contributed by atoms with Crippen LogP contribution in [-0.4, -0.2) is 19.3 Å². The fraction of sp³-hybridized carbons (Fsp3) is 0.600.